The lowest BCUT2D eigenvalue weighted by atomic mass is 9.94. The molecule has 0 spiro atoms. The number of nitrogens with one attached hydrogen (secondary N) is 1. The van der Waals surface area contributed by atoms with Crippen molar-refractivity contribution in [1.29, 1.82) is 0 Å². The number of aromatic nitrogens is 4. The van der Waals surface area contributed by atoms with Crippen LogP contribution in [0.25, 0.3) is 33.5 Å². The van der Waals surface area contributed by atoms with Crippen LogP contribution < -0.4 is 0 Å². The van der Waals surface area contributed by atoms with Crippen LogP contribution in [0.4, 0.5) is 0 Å². The van der Waals surface area contributed by atoms with Crippen LogP contribution in [0.15, 0.2) is 47.7 Å². The number of pyridine rings is 1. The van der Waals surface area contributed by atoms with Gasteiger partial charge in [-0.15, -0.1) is 0 Å². The molecule has 1 saturated carbocycles. The zero-order chi connectivity index (χ0) is 16.6. The first-order valence-corrected chi connectivity index (χ1v) is 9.88. The molecule has 1 aliphatic carbocycles. The first kappa shape index (κ1) is 14.9. The predicted molar refractivity (Wildman–Crippen MR) is 103 cm³/mol. The molecule has 0 atom stereocenters. The Morgan fingerprint density at radius 1 is 1.08 bits per heavy atom. The number of H-pyrrole nitrogens is 1. The van der Waals surface area contributed by atoms with Crippen LogP contribution in [-0.2, 0) is 0 Å². The summed E-state index contributed by atoms with van der Waals surface area (Å²) in [7, 11) is 0. The molecule has 1 aliphatic rings. The lowest BCUT2D eigenvalue weighted by Crippen LogP contribution is -2.13. The Morgan fingerprint density at radius 3 is 2.84 bits per heavy atom. The Bertz CT molecular complexity index is 990. The van der Waals surface area contributed by atoms with E-state index >= 15 is 0 Å². The van der Waals surface area contributed by atoms with Gasteiger partial charge in [0.15, 0.2) is 0 Å². The number of thiophene rings is 1. The highest BCUT2D eigenvalue weighted by molar-refractivity contribution is 7.08. The fraction of sp³-hybridized carbons (Fsp3) is 0.300. The van der Waals surface area contributed by atoms with E-state index in [9.17, 15) is 0 Å². The molecule has 5 rings (SSSR count). The van der Waals surface area contributed by atoms with Gasteiger partial charge in [0.1, 0.15) is 5.65 Å². The number of hydrogen-bond donors (Lipinski definition) is 1. The standard InChI is InChI=1S/C20H20N4S/c1-2-4-15(5-3-1)24-13-23-18(14-8-11-25-12-14)19(24)16-6-9-21-20-17(16)7-10-22-20/h6-13,15H,1-5H2,(H,21,22). The van der Waals surface area contributed by atoms with Crippen molar-refractivity contribution in [2.75, 3.05) is 0 Å². The van der Waals surface area contributed by atoms with Crippen LogP contribution >= 0.6 is 11.3 Å². The first-order valence-electron chi connectivity index (χ1n) is 8.93. The zero-order valence-corrected chi connectivity index (χ0v) is 14.8. The van der Waals surface area contributed by atoms with Gasteiger partial charge in [-0.05, 0) is 36.4 Å². The van der Waals surface area contributed by atoms with Crippen molar-refractivity contribution in [2.45, 2.75) is 38.1 Å². The lowest BCUT2D eigenvalue weighted by Gasteiger charge is -2.25. The third-order valence-electron chi connectivity index (χ3n) is 5.27. The van der Waals surface area contributed by atoms with Crippen LogP contribution in [-0.4, -0.2) is 19.5 Å². The molecule has 5 heteroatoms. The van der Waals surface area contributed by atoms with Gasteiger partial charge < -0.3 is 9.55 Å². The second-order valence-corrected chi connectivity index (χ2v) is 7.53. The molecule has 1 N–H and O–H groups in total. The van der Waals surface area contributed by atoms with E-state index in [4.69, 9.17) is 4.98 Å². The molecule has 0 aromatic carbocycles. The van der Waals surface area contributed by atoms with Crippen molar-refractivity contribution < 1.29 is 0 Å². The molecular weight excluding hydrogens is 328 g/mol. The summed E-state index contributed by atoms with van der Waals surface area (Å²) < 4.78 is 2.42. The second-order valence-electron chi connectivity index (χ2n) is 6.75. The Kier molecular flexibility index (Phi) is 3.67. The molecule has 0 unspecified atom stereocenters. The third kappa shape index (κ3) is 2.50. The third-order valence-corrected chi connectivity index (χ3v) is 5.95. The molecule has 0 amide bonds. The van der Waals surface area contributed by atoms with E-state index in [1.165, 1.54) is 48.9 Å². The molecule has 0 radical (unpaired) electrons. The fourth-order valence-electron chi connectivity index (χ4n) is 4.04. The summed E-state index contributed by atoms with van der Waals surface area (Å²) in [5, 5.41) is 5.47. The predicted octanol–water partition coefficient (Wildman–Crippen LogP) is 5.66. The lowest BCUT2D eigenvalue weighted by molar-refractivity contribution is 0.355. The van der Waals surface area contributed by atoms with Crippen LogP contribution in [0.3, 0.4) is 0 Å². The highest BCUT2D eigenvalue weighted by Gasteiger charge is 2.23. The Hall–Kier alpha value is -2.40. The molecule has 25 heavy (non-hydrogen) atoms. The van der Waals surface area contributed by atoms with Crippen molar-refractivity contribution in [3.05, 3.63) is 47.7 Å². The number of imidazole rings is 1. The minimum Gasteiger partial charge on any atom is -0.346 e. The molecule has 126 valence electrons. The summed E-state index contributed by atoms with van der Waals surface area (Å²) in [6.07, 6.45) is 12.4. The second kappa shape index (κ2) is 6.15. The maximum Gasteiger partial charge on any atom is 0.137 e. The van der Waals surface area contributed by atoms with Gasteiger partial charge in [-0.1, -0.05) is 19.3 Å². The van der Waals surface area contributed by atoms with Crippen LogP contribution in [0.1, 0.15) is 38.1 Å². The van der Waals surface area contributed by atoms with Crippen LogP contribution in [0.2, 0.25) is 0 Å². The summed E-state index contributed by atoms with van der Waals surface area (Å²) in [6.45, 7) is 0. The van der Waals surface area contributed by atoms with E-state index < -0.39 is 0 Å². The first-order chi connectivity index (χ1) is 12.4. The molecule has 4 aromatic rings. The summed E-state index contributed by atoms with van der Waals surface area (Å²) in [4.78, 5) is 12.5. The fourth-order valence-corrected chi connectivity index (χ4v) is 4.68. The van der Waals surface area contributed by atoms with Gasteiger partial charge in [0.2, 0.25) is 0 Å². The maximum absolute atomic E-state index is 4.84. The minimum atomic E-state index is 0.547. The maximum atomic E-state index is 4.84. The molecule has 4 aromatic heterocycles. The number of rotatable bonds is 3. The van der Waals surface area contributed by atoms with Crippen molar-refractivity contribution in [1.82, 2.24) is 19.5 Å². The van der Waals surface area contributed by atoms with Crippen molar-refractivity contribution in [2.24, 2.45) is 0 Å². The van der Waals surface area contributed by atoms with Crippen LogP contribution in [0, 0.1) is 0 Å². The van der Waals surface area contributed by atoms with Gasteiger partial charge >= 0.3 is 0 Å². The Balaban J connectivity index is 1.75. The molecule has 1 fully saturated rings. The van der Waals surface area contributed by atoms with E-state index in [0.29, 0.717) is 6.04 Å². The zero-order valence-electron chi connectivity index (χ0n) is 14.0. The topological polar surface area (TPSA) is 46.5 Å². The number of hydrogen-bond acceptors (Lipinski definition) is 3. The van der Waals surface area contributed by atoms with E-state index in [1.54, 1.807) is 11.3 Å². The largest absolute Gasteiger partial charge is 0.346 e. The van der Waals surface area contributed by atoms with Gasteiger partial charge in [0.05, 0.1) is 17.7 Å². The van der Waals surface area contributed by atoms with Gasteiger partial charge in [-0.3, -0.25) is 0 Å². The monoisotopic (exact) mass is 348 g/mol. The van der Waals surface area contributed by atoms with E-state index in [0.717, 1.165) is 16.7 Å². The average Bonchev–Trinajstić information content (AvgIpc) is 3.40. The average molecular weight is 348 g/mol. The Morgan fingerprint density at radius 2 is 2.00 bits per heavy atom. The Labute approximate surface area is 150 Å². The number of nitrogens with zero attached hydrogens (tertiary/aromatic N) is 3. The van der Waals surface area contributed by atoms with Gasteiger partial charge in [0.25, 0.3) is 0 Å². The van der Waals surface area contributed by atoms with Gasteiger partial charge in [-0.25, -0.2) is 9.97 Å². The molecule has 0 aliphatic heterocycles. The molecule has 0 saturated heterocycles. The normalized spacial score (nSPS) is 15.8. The summed E-state index contributed by atoms with van der Waals surface area (Å²) >= 11 is 1.72. The van der Waals surface area contributed by atoms with Crippen molar-refractivity contribution >= 4 is 22.4 Å². The molecule has 0 bridgehead atoms. The summed E-state index contributed by atoms with van der Waals surface area (Å²) in [6, 6.07) is 6.96. The van der Waals surface area contributed by atoms with Crippen molar-refractivity contribution in [3.8, 4) is 22.5 Å². The SMILES string of the molecule is c1cc(-c2c(-c3ccsc3)ncn2C2CCCCC2)c2cc[nH]c2n1. The highest BCUT2D eigenvalue weighted by Crippen LogP contribution is 2.40. The number of fused-ring (bicyclic) bond motifs is 1. The number of aromatic amines is 1. The summed E-state index contributed by atoms with van der Waals surface area (Å²) in [5.41, 5.74) is 5.67. The molecule has 4 nitrogen and oxygen atoms in total. The summed E-state index contributed by atoms with van der Waals surface area (Å²) in [5.74, 6) is 0. The van der Waals surface area contributed by atoms with E-state index in [1.807, 2.05) is 12.4 Å². The molecular formula is C20H20N4S. The van der Waals surface area contributed by atoms with E-state index in [2.05, 4.69) is 49.8 Å². The molecule has 4 heterocycles. The van der Waals surface area contributed by atoms with E-state index in [-0.39, 0.29) is 0 Å². The van der Waals surface area contributed by atoms with Crippen molar-refractivity contribution in [3.63, 3.8) is 0 Å². The highest BCUT2D eigenvalue weighted by atomic mass is 32.1. The van der Waals surface area contributed by atoms with Gasteiger partial charge in [0, 0.05) is 40.3 Å². The quantitative estimate of drug-likeness (QED) is 0.519. The smallest absolute Gasteiger partial charge is 0.137 e. The minimum absolute atomic E-state index is 0.547. The van der Waals surface area contributed by atoms with Crippen LogP contribution in [0.5, 0.6) is 0 Å². The van der Waals surface area contributed by atoms with Gasteiger partial charge in [-0.2, -0.15) is 11.3 Å².